The molecular weight excluding hydrogens is 192 g/mol. The Balaban J connectivity index is 2.45. The molecule has 0 saturated heterocycles. The molecule has 1 heterocycles. The highest BCUT2D eigenvalue weighted by atomic mass is 16.2. The number of rotatable bonds is 4. The van der Waals surface area contributed by atoms with Crippen LogP contribution in [0.5, 0.6) is 0 Å². The summed E-state index contributed by atoms with van der Waals surface area (Å²) in [5, 5.41) is 12.4. The van der Waals surface area contributed by atoms with Crippen molar-refractivity contribution >= 4 is 5.91 Å². The maximum absolute atomic E-state index is 11.6. The zero-order chi connectivity index (χ0) is 11.3. The van der Waals surface area contributed by atoms with Crippen molar-refractivity contribution in [3.8, 4) is 6.07 Å². The van der Waals surface area contributed by atoms with Crippen molar-refractivity contribution in [3.63, 3.8) is 0 Å². The molecule has 0 bridgehead atoms. The number of carbonyl (C=O) groups is 1. The van der Waals surface area contributed by atoms with Gasteiger partial charge in [-0.2, -0.15) is 10.4 Å². The summed E-state index contributed by atoms with van der Waals surface area (Å²) in [5.41, 5.74) is 1.03. The largest absolute Gasteiger partial charge is 0.343 e. The number of hydrogen-bond acceptors (Lipinski definition) is 3. The standard InChI is InChI=1S/C10H14N4O/c1-9-6-12-14(7-9)8-10(15)13(2)5-3-4-11/h6-7H,3,5,8H2,1-2H3. The molecule has 0 saturated carbocycles. The van der Waals surface area contributed by atoms with E-state index in [9.17, 15) is 4.79 Å². The van der Waals surface area contributed by atoms with E-state index in [1.54, 1.807) is 22.8 Å². The van der Waals surface area contributed by atoms with E-state index in [0.717, 1.165) is 5.56 Å². The lowest BCUT2D eigenvalue weighted by molar-refractivity contribution is -0.130. The molecule has 0 radical (unpaired) electrons. The van der Waals surface area contributed by atoms with Gasteiger partial charge in [0.25, 0.3) is 0 Å². The van der Waals surface area contributed by atoms with Gasteiger partial charge in [-0.25, -0.2) is 0 Å². The molecule has 0 fully saturated rings. The smallest absolute Gasteiger partial charge is 0.244 e. The summed E-state index contributed by atoms with van der Waals surface area (Å²) < 4.78 is 1.60. The lowest BCUT2D eigenvalue weighted by Crippen LogP contribution is -2.31. The molecule has 5 nitrogen and oxygen atoms in total. The number of carbonyl (C=O) groups excluding carboxylic acids is 1. The minimum absolute atomic E-state index is 0.0339. The highest BCUT2D eigenvalue weighted by Gasteiger charge is 2.09. The van der Waals surface area contributed by atoms with Gasteiger partial charge in [0.15, 0.2) is 0 Å². The molecule has 80 valence electrons. The van der Waals surface area contributed by atoms with Gasteiger partial charge in [0.05, 0.1) is 18.7 Å². The molecule has 0 aliphatic rings. The highest BCUT2D eigenvalue weighted by Crippen LogP contribution is 1.96. The van der Waals surface area contributed by atoms with E-state index in [2.05, 4.69) is 5.10 Å². The van der Waals surface area contributed by atoms with Gasteiger partial charge in [0, 0.05) is 19.8 Å². The zero-order valence-electron chi connectivity index (χ0n) is 8.97. The summed E-state index contributed by atoms with van der Waals surface area (Å²) in [5.74, 6) is -0.0339. The van der Waals surface area contributed by atoms with Crippen molar-refractivity contribution in [2.75, 3.05) is 13.6 Å². The van der Waals surface area contributed by atoms with Crippen LogP contribution in [0.3, 0.4) is 0 Å². The van der Waals surface area contributed by atoms with Crippen molar-refractivity contribution in [1.82, 2.24) is 14.7 Å². The van der Waals surface area contributed by atoms with Gasteiger partial charge < -0.3 is 4.90 Å². The fourth-order valence-corrected chi connectivity index (χ4v) is 1.16. The molecule has 1 rings (SSSR count). The summed E-state index contributed by atoms with van der Waals surface area (Å²) >= 11 is 0. The molecule has 0 atom stereocenters. The van der Waals surface area contributed by atoms with Crippen LogP contribution in [0.15, 0.2) is 12.4 Å². The molecule has 0 unspecified atom stereocenters. The average molecular weight is 206 g/mol. The Kier molecular flexibility index (Phi) is 3.86. The Labute approximate surface area is 88.9 Å². The molecule has 1 aromatic heterocycles. The minimum Gasteiger partial charge on any atom is -0.343 e. The molecule has 1 amide bonds. The van der Waals surface area contributed by atoms with Gasteiger partial charge in [0.2, 0.25) is 5.91 Å². The van der Waals surface area contributed by atoms with Crippen molar-refractivity contribution < 1.29 is 4.79 Å². The van der Waals surface area contributed by atoms with Gasteiger partial charge in [-0.1, -0.05) is 0 Å². The first-order valence-electron chi connectivity index (χ1n) is 4.73. The molecule has 15 heavy (non-hydrogen) atoms. The van der Waals surface area contributed by atoms with Gasteiger partial charge in [0.1, 0.15) is 6.54 Å². The van der Waals surface area contributed by atoms with Crippen LogP contribution in [0, 0.1) is 18.3 Å². The van der Waals surface area contributed by atoms with Crippen LogP contribution in [-0.2, 0) is 11.3 Å². The number of hydrogen-bond donors (Lipinski definition) is 0. The number of nitrogens with zero attached hydrogens (tertiary/aromatic N) is 4. The van der Waals surface area contributed by atoms with Gasteiger partial charge in [-0.15, -0.1) is 0 Å². The Hall–Kier alpha value is -1.83. The maximum Gasteiger partial charge on any atom is 0.244 e. The van der Waals surface area contributed by atoms with E-state index in [1.807, 2.05) is 19.2 Å². The Bertz CT molecular complexity index is 377. The number of aryl methyl sites for hydroxylation is 1. The molecular formula is C10H14N4O. The molecule has 0 aliphatic heterocycles. The van der Waals surface area contributed by atoms with E-state index in [0.29, 0.717) is 13.0 Å². The molecule has 0 aliphatic carbocycles. The van der Waals surface area contributed by atoms with Crippen molar-refractivity contribution in [2.24, 2.45) is 0 Å². The maximum atomic E-state index is 11.6. The molecule has 0 aromatic carbocycles. The summed E-state index contributed by atoms with van der Waals surface area (Å²) in [6.07, 6.45) is 3.89. The first-order chi connectivity index (χ1) is 7.13. The van der Waals surface area contributed by atoms with Crippen LogP contribution in [0.4, 0.5) is 0 Å². The quantitative estimate of drug-likeness (QED) is 0.723. The number of likely N-dealkylation sites (N-methyl/N-ethyl adjacent to an activating group) is 1. The van der Waals surface area contributed by atoms with E-state index >= 15 is 0 Å². The van der Waals surface area contributed by atoms with E-state index in [1.165, 1.54) is 0 Å². The monoisotopic (exact) mass is 206 g/mol. The van der Waals surface area contributed by atoms with Gasteiger partial charge in [-0.3, -0.25) is 9.48 Å². The van der Waals surface area contributed by atoms with E-state index in [4.69, 9.17) is 5.26 Å². The van der Waals surface area contributed by atoms with Gasteiger partial charge >= 0.3 is 0 Å². The normalized spacial score (nSPS) is 9.67. The van der Waals surface area contributed by atoms with Crippen LogP contribution < -0.4 is 0 Å². The summed E-state index contributed by atoms with van der Waals surface area (Å²) in [6, 6.07) is 2.01. The SMILES string of the molecule is Cc1cnn(CC(=O)N(C)CCC#N)c1. The Morgan fingerprint density at radius 2 is 2.47 bits per heavy atom. The summed E-state index contributed by atoms with van der Waals surface area (Å²) in [6.45, 7) is 2.62. The fourth-order valence-electron chi connectivity index (χ4n) is 1.16. The second kappa shape index (κ2) is 5.15. The Morgan fingerprint density at radius 3 is 3.00 bits per heavy atom. The van der Waals surface area contributed by atoms with Crippen LogP contribution in [0.2, 0.25) is 0 Å². The van der Waals surface area contributed by atoms with Crippen molar-refractivity contribution in [1.29, 1.82) is 5.26 Å². The van der Waals surface area contributed by atoms with Crippen LogP contribution in [0.1, 0.15) is 12.0 Å². The third-order valence-corrected chi connectivity index (χ3v) is 2.04. The van der Waals surface area contributed by atoms with Gasteiger partial charge in [-0.05, 0) is 12.5 Å². The van der Waals surface area contributed by atoms with E-state index in [-0.39, 0.29) is 12.5 Å². The molecule has 0 spiro atoms. The predicted octanol–water partition coefficient (Wildman–Crippen LogP) is 0.564. The average Bonchev–Trinajstić information content (AvgIpc) is 2.60. The second-order valence-corrected chi connectivity index (χ2v) is 3.44. The first kappa shape index (κ1) is 11.2. The zero-order valence-corrected chi connectivity index (χ0v) is 8.97. The summed E-state index contributed by atoms with van der Waals surface area (Å²) in [7, 11) is 1.69. The third-order valence-electron chi connectivity index (χ3n) is 2.04. The second-order valence-electron chi connectivity index (χ2n) is 3.44. The van der Waals surface area contributed by atoms with Crippen LogP contribution >= 0.6 is 0 Å². The highest BCUT2D eigenvalue weighted by molar-refractivity contribution is 5.75. The topological polar surface area (TPSA) is 61.9 Å². The molecule has 0 N–H and O–H groups in total. The van der Waals surface area contributed by atoms with Crippen LogP contribution in [-0.4, -0.2) is 34.2 Å². The first-order valence-corrected chi connectivity index (χ1v) is 4.73. The van der Waals surface area contributed by atoms with Crippen molar-refractivity contribution in [3.05, 3.63) is 18.0 Å². The minimum atomic E-state index is -0.0339. The number of nitriles is 1. The number of amides is 1. The molecule has 1 aromatic rings. The lowest BCUT2D eigenvalue weighted by atomic mass is 10.4. The third kappa shape index (κ3) is 3.43. The lowest BCUT2D eigenvalue weighted by Gasteiger charge is -2.14. The van der Waals surface area contributed by atoms with E-state index < -0.39 is 0 Å². The summed E-state index contributed by atoms with van der Waals surface area (Å²) in [4.78, 5) is 13.1. The fraction of sp³-hybridized carbons (Fsp3) is 0.500. The predicted molar refractivity (Wildman–Crippen MR) is 54.8 cm³/mol. The number of aromatic nitrogens is 2. The van der Waals surface area contributed by atoms with Crippen LogP contribution in [0.25, 0.3) is 0 Å². The molecule has 5 heteroatoms. The van der Waals surface area contributed by atoms with Crippen molar-refractivity contribution in [2.45, 2.75) is 19.9 Å². The Morgan fingerprint density at radius 1 is 1.73 bits per heavy atom.